The van der Waals surface area contributed by atoms with Crippen molar-refractivity contribution in [3.8, 4) is 0 Å². The summed E-state index contributed by atoms with van der Waals surface area (Å²) in [4.78, 5) is 13.2. The van der Waals surface area contributed by atoms with E-state index in [1.807, 2.05) is 18.3 Å². The van der Waals surface area contributed by atoms with Crippen molar-refractivity contribution in [3.63, 3.8) is 0 Å². The van der Waals surface area contributed by atoms with Crippen molar-refractivity contribution in [1.29, 1.82) is 0 Å². The molecular formula is C19H24N8. The van der Waals surface area contributed by atoms with Crippen LogP contribution in [0.25, 0.3) is 0 Å². The molecule has 27 heavy (non-hydrogen) atoms. The monoisotopic (exact) mass is 364 g/mol. The predicted molar refractivity (Wildman–Crippen MR) is 105 cm³/mol. The molecule has 0 spiro atoms. The highest BCUT2D eigenvalue weighted by Crippen LogP contribution is 2.42. The number of rotatable bonds is 9. The Labute approximate surface area is 158 Å². The van der Waals surface area contributed by atoms with Crippen LogP contribution in [0.2, 0.25) is 0 Å². The zero-order valence-electron chi connectivity index (χ0n) is 15.2. The van der Waals surface area contributed by atoms with E-state index in [0.29, 0.717) is 25.0 Å². The van der Waals surface area contributed by atoms with E-state index in [1.165, 1.54) is 24.7 Å². The Bertz CT molecular complexity index is 873. The van der Waals surface area contributed by atoms with Crippen molar-refractivity contribution in [2.45, 2.75) is 31.7 Å². The van der Waals surface area contributed by atoms with E-state index in [1.54, 1.807) is 11.0 Å². The van der Waals surface area contributed by atoms with E-state index in [-0.39, 0.29) is 0 Å². The fourth-order valence-corrected chi connectivity index (χ4v) is 2.97. The number of nitrogens with one attached hydrogen (secondary N) is 2. The number of hydrogen-bond acceptors (Lipinski definition) is 7. The molecule has 0 aliphatic heterocycles. The van der Waals surface area contributed by atoms with Crippen LogP contribution in [0.15, 0.2) is 43.1 Å². The number of benzene rings is 1. The van der Waals surface area contributed by atoms with Crippen LogP contribution >= 0.6 is 0 Å². The summed E-state index contributed by atoms with van der Waals surface area (Å²) < 4.78 is 1.79. The third-order valence-corrected chi connectivity index (χ3v) is 4.50. The molecule has 3 aromatic rings. The Morgan fingerprint density at radius 3 is 2.96 bits per heavy atom. The van der Waals surface area contributed by atoms with Gasteiger partial charge < -0.3 is 16.4 Å². The van der Waals surface area contributed by atoms with Gasteiger partial charge in [0.15, 0.2) is 0 Å². The molecule has 8 heteroatoms. The second-order valence-electron chi connectivity index (χ2n) is 6.76. The minimum absolute atomic E-state index is 0.588. The van der Waals surface area contributed by atoms with Gasteiger partial charge in [-0.05, 0) is 49.4 Å². The van der Waals surface area contributed by atoms with Gasteiger partial charge in [0.05, 0.1) is 6.54 Å². The van der Waals surface area contributed by atoms with Gasteiger partial charge in [-0.2, -0.15) is 10.1 Å². The first-order chi connectivity index (χ1) is 13.3. The first-order valence-corrected chi connectivity index (χ1v) is 9.31. The van der Waals surface area contributed by atoms with Crippen LogP contribution in [0.5, 0.6) is 0 Å². The fraction of sp³-hybridized carbons (Fsp3) is 0.368. The maximum absolute atomic E-state index is 5.60. The fourth-order valence-electron chi connectivity index (χ4n) is 2.97. The Morgan fingerprint density at radius 2 is 2.19 bits per heavy atom. The maximum atomic E-state index is 5.60. The summed E-state index contributed by atoms with van der Waals surface area (Å²) in [7, 11) is 0. The van der Waals surface area contributed by atoms with Crippen LogP contribution in [0.3, 0.4) is 0 Å². The second-order valence-corrected chi connectivity index (χ2v) is 6.76. The summed E-state index contributed by atoms with van der Waals surface area (Å²) in [5, 5.41) is 10.9. The molecule has 2 heterocycles. The lowest BCUT2D eigenvalue weighted by molar-refractivity contribution is 0.685. The van der Waals surface area contributed by atoms with Crippen LogP contribution in [0.1, 0.15) is 36.3 Å². The average Bonchev–Trinajstić information content (AvgIpc) is 3.39. The molecular weight excluding hydrogens is 340 g/mol. The molecule has 1 aromatic carbocycles. The Balaban J connectivity index is 1.49. The summed E-state index contributed by atoms with van der Waals surface area (Å²) in [6.45, 7) is 2.16. The SMILES string of the molecule is NCCCNc1nc(Nc2cccc(Cn3cncn3)c2)ncc1C1CC1. The average molecular weight is 364 g/mol. The van der Waals surface area contributed by atoms with Crippen molar-refractivity contribution < 1.29 is 0 Å². The minimum Gasteiger partial charge on any atom is -0.370 e. The van der Waals surface area contributed by atoms with Gasteiger partial charge in [0.1, 0.15) is 18.5 Å². The van der Waals surface area contributed by atoms with Crippen molar-refractivity contribution >= 4 is 17.5 Å². The van der Waals surface area contributed by atoms with E-state index in [9.17, 15) is 0 Å². The van der Waals surface area contributed by atoms with Crippen molar-refractivity contribution in [1.82, 2.24) is 24.7 Å². The lowest BCUT2D eigenvalue weighted by Gasteiger charge is -2.13. The molecule has 0 radical (unpaired) electrons. The topological polar surface area (TPSA) is 107 Å². The number of hydrogen-bond donors (Lipinski definition) is 3. The Kier molecular flexibility index (Phi) is 5.24. The smallest absolute Gasteiger partial charge is 0.229 e. The summed E-state index contributed by atoms with van der Waals surface area (Å²) in [5.41, 5.74) is 8.88. The third-order valence-electron chi connectivity index (χ3n) is 4.50. The molecule has 4 rings (SSSR count). The highest BCUT2D eigenvalue weighted by atomic mass is 15.3. The molecule has 2 aromatic heterocycles. The van der Waals surface area contributed by atoms with Crippen LogP contribution in [0.4, 0.5) is 17.5 Å². The molecule has 0 unspecified atom stereocenters. The third kappa shape index (κ3) is 4.59. The summed E-state index contributed by atoms with van der Waals surface area (Å²) in [6.07, 6.45) is 8.53. The number of anilines is 3. The zero-order valence-corrected chi connectivity index (χ0v) is 15.2. The van der Waals surface area contributed by atoms with E-state index >= 15 is 0 Å². The van der Waals surface area contributed by atoms with Crippen LogP contribution in [-0.4, -0.2) is 37.8 Å². The lowest BCUT2D eigenvalue weighted by Crippen LogP contribution is -2.12. The molecule has 8 nitrogen and oxygen atoms in total. The van der Waals surface area contributed by atoms with Gasteiger partial charge in [-0.15, -0.1) is 0 Å². The molecule has 0 saturated heterocycles. The van der Waals surface area contributed by atoms with Gasteiger partial charge in [0, 0.05) is 24.0 Å². The quantitative estimate of drug-likeness (QED) is 0.501. The summed E-state index contributed by atoms with van der Waals surface area (Å²) in [5.74, 6) is 2.10. The Hall–Kier alpha value is -3.00. The van der Waals surface area contributed by atoms with Crippen molar-refractivity contribution in [3.05, 3.63) is 54.2 Å². The molecule has 1 saturated carbocycles. The van der Waals surface area contributed by atoms with Gasteiger partial charge in [0.2, 0.25) is 5.95 Å². The number of nitrogens with zero attached hydrogens (tertiary/aromatic N) is 5. The maximum Gasteiger partial charge on any atom is 0.229 e. The molecule has 0 atom stereocenters. The lowest BCUT2D eigenvalue weighted by atomic mass is 10.2. The van der Waals surface area contributed by atoms with Crippen molar-refractivity contribution in [2.75, 3.05) is 23.7 Å². The summed E-state index contributed by atoms with van der Waals surface area (Å²) >= 11 is 0. The minimum atomic E-state index is 0.588. The van der Waals surface area contributed by atoms with Crippen LogP contribution in [-0.2, 0) is 6.54 Å². The van der Waals surface area contributed by atoms with Gasteiger partial charge in [0.25, 0.3) is 0 Å². The Morgan fingerprint density at radius 1 is 1.26 bits per heavy atom. The number of aromatic nitrogens is 5. The second kappa shape index (κ2) is 8.13. The normalized spacial score (nSPS) is 13.5. The van der Waals surface area contributed by atoms with Gasteiger partial charge in [-0.3, -0.25) is 0 Å². The molecule has 140 valence electrons. The van der Waals surface area contributed by atoms with Gasteiger partial charge in [-0.1, -0.05) is 12.1 Å². The van der Waals surface area contributed by atoms with Crippen molar-refractivity contribution in [2.24, 2.45) is 5.73 Å². The van der Waals surface area contributed by atoms with Crippen LogP contribution in [0, 0.1) is 0 Å². The van der Waals surface area contributed by atoms with Gasteiger partial charge >= 0.3 is 0 Å². The molecule has 0 bridgehead atoms. The number of nitrogens with two attached hydrogens (primary N) is 1. The largest absolute Gasteiger partial charge is 0.370 e. The molecule has 0 amide bonds. The van der Waals surface area contributed by atoms with E-state index in [4.69, 9.17) is 10.7 Å². The predicted octanol–water partition coefficient (Wildman–Crippen LogP) is 2.50. The molecule has 1 fully saturated rings. The highest BCUT2D eigenvalue weighted by Gasteiger charge is 2.27. The summed E-state index contributed by atoms with van der Waals surface area (Å²) in [6, 6.07) is 8.14. The first-order valence-electron chi connectivity index (χ1n) is 9.31. The van der Waals surface area contributed by atoms with E-state index in [0.717, 1.165) is 30.0 Å². The van der Waals surface area contributed by atoms with Crippen LogP contribution < -0.4 is 16.4 Å². The van der Waals surface area contributed by atoms with Gasteiger partial charge in [-0.25, -0.2) is 14.6 Å². The first kappa shape index (κ1) is 17.4. The van der Waals surface area contributed by atoms with E-state index in [2.05, 4.69) is 37.8 Å². The van der Waals surface area contributed by atoms with E-state index < -0.39 is 0 Å². The zero-order chi connectivity index (χ0) is 18.5. The standard InChI is InChI=1S/C19H24N8/c20-7-2-8-22-18-17(15-5-6-15)10-23-19(26-18)25-16-4-1-3-14(9-16)11-27-13-21-12-24-27/h1,3-4,9-10,12-13,15H,2,5-8,11,20H2,(H2,22,23,25,26). The molecule has 1 aliphatic carbocycles. The highest BCUT2D eigenvalue weighted by molar-refractivity contribution is 5.58. The molecule has 1 aliphatic rings. The molecule has 4 N–H and O–H groups in total.